The van der Waals surface area contributed by atoms with Gasteiger partial charge in [0.2, 0.25) is 0 Å². The second kappa shape index (κ2) is 8.83. The molecule has 0 aliphatic rings. The van der Waals surface area contributed by atoms with Crippen molar-refractivity contribution in [2.24, 2.45) is 0 Å². The molecule has 33 heavy (non-hydrogen) atoms. The Morgan fingerprint density at radius 2 is 1.45 bits per heavy atom. The highest BCUT2D eigenvalue weighted by Gasteiger charge is 2.20. The van der Waals surface area contributed by atoms with Crippen molar-refractivity contribution in [1.29, 1.82) is 0 Å². The number of fused-ring (bicyclic) bond motifs is 1. The van der Waals surface area contributed by atoms with Gasteiger partial charge in [0.1, 0.15) is 0 Å². The third-order valence-electron chi connectivity index (χ3n) is 5.43. The van der Waals surface area contributed by atoms with Crippen LogP contribution in [-0.2, 0) is 6.54 Å². The number of aromatic nitrogens is 4. The summed E-state index contributed by atoms with van der Waals surface area (Å²) in [4.78, 5) is 13.1. The van der Waals surface area contributed by atoms with Gasteiger partial charge in [-0.25, -0.2) is 9.48 Å². The maximum atomic E-state index is 13.1. The van der Waals surface area contributed by atoms with E-state index >= 15 is 0 Å². The molecule has 1 atom stereocenters. The normalized spacial score (nSPS) is 12.2. The molecule has 5 rings (SSSR count). The average molecular weight is 477 g/mol. The van der Waals surface area contributed by atoms with Crippen LogP contribution < -0.4 is 5.69 Å². The van der Waals surface area contributed by atoms with E-state index in [0.717, 1.165) is 22.3 Å². The van der Waals surface area contributed by atoms with Gasteiger partial charge >= 0.3 is 5.69 Å². The Labute approximate surface area is 199 Å². The lowest BCUT2D eigenvalue weighted by Gasteiger charge is -2.11. The molecule has 0 aliphatic carbocycles. The molecule has 0 aliphatic heterocycles. The Bertz CT molecular complexity index is 1480. The molecule has 1 unspecified atom stereocenters. The molecule has 0 fully saturated rings. The highest BCUT2D eigenvalue weighted by molar-refractivity contribution is 6.31. The summed E-state index contributed by atoms with van der Waals surface area (Å²) in [6.07, 6.45) is 0.754. The van der Waals surface area contributed by atoms with Crippen LogP contribution in [0, 0.1) is 0 Å². The van der Waals surface area contributed by atoms with Gasteiger partial charge in [-0.05, 0) is 41.0 Å². The van der Waals surface area contributed by atoms with E-state index in [-0.39, 0.29) is 6.54 Å². The van der Waals surface area contributed by atoms with Gasteiger partial charge < -0.3 is 5.11 Å². The van der Waals surface area contributed by atoms with E-state index in [1.165, 1.54) is 9.20 Å². The van der Waals surface area contributed by atoms with Crippen molar-refractivity contribution in [1.82, 2.24) is 19.4 Å². The number of aliphatic hydroxyl groups excluding tert-OH is 1. The Kier molecular flexibility index (Phi) is 5.72. The van der Waals surface area contributed by atoms with E-state index in [9.17, 15) is 9.90 Å². The zero-order chi connectivity index (χ0) is 22.9. The van der Waals surface area contributed by atoms with Crippen molar-refractivity contribution < 1.29 is 5.11 Å². The number of halogens is 2. The molecule has 2 heterocycles. The third kappa shape index (κ3) is 4.16. The monoisotopic (exact) mass is 476 g/mol. The number of aliphatic hydroxyl groups is 1. The third-order valence-corrected chi connectivity index (χ3v) is 5.94. The fourth-order valence-corrected chi connectivity index (χ4v) is 4.02. The van der Waals surface area contributed by atoms with Crippen LogP contribution in [0.2, 0.25) is 10.0 Å². The summed E-state index contributed by atoms with van der Waals surface area (Å²) in [5.74, 6) is 0. The van der Waals surface area contributed by atoms with Crippen LogP contribution in [0.15, 0.2) is 89.9 Å². The second-order valence-corrected chi connectivity index (χ2v) is 8.45. The van der Waals surface area contributed by atoms with E-state index in [1.807, 2.05) is 54.6 Å². The first kappa shape index (κ1) is 21.4. The summed E-state index contributed by atoms with van der Waals surface area (Å²) in [6, 6.07) is 23.9. The summed E-state index contributed by atoms with van der Waals surface area (Å²) in [6.45, 7) is 0.00252. The molecular weight excluding hydrogens is 459 g/mol. The SMILES string of the molecule is O=c1n(CC(O)c2ccccc2)nc2c(-c3ccc(Cl)cc3)c(-c3ccc(Cl)cc3)cnn12. The smallest absolute Gasteiger partial charge is 0.367 e. The molecule has 0 bridgehead atoms. The predicted octanol–water partition coefficient (Wildman–Crippen LogP) is 5.27. The van der Waals surface area contributed by atoms with Crippen molar-refractivity contribution >= 4 is 28.8 Å². The van der Waals surface area contributed by atoms with Crippen molar-refractivity contribution in [3.8, 4) is 22.3 Å². The Morgan fingerprint density at radius 3 is 2.09 bits per heavy atom. The average Bonchev–Trinajstić information content (AvgIpc) is 3.15. The number of benzene rings is 3. The molecule has 5 aromatic rings. The zero-order valence-corrected chi connectivity index (χ0v) is 18.8. The molecule has 0 saturated carbocycles. The standard InChI is InChI=1S/C25H18Cl2N4O2/c26-19-10-6-16(7-11-19)21-14-28-31-24(23(21)18-8-12-20(27)13-9-18)29-30(25(31)33)15-22(32)17-4-2-1-3-5-17/h1-14,22,32H,15H2. The largest absolute Gasteiger partial charge is 0.386 e. The van der Waals surface area contributed by atoms with Crippen LogP contribution in [0.4, 0.5) is 0 Å². The van der Waals surface area contributed by atoms with Gasteiger partial charge in [-0.2, -0.15) is 9.61 Å². The molecule has 0 radical (unpaired) electrons. The Morgan fingerprint density at radius 1 is 0.848 bits per heavy atom. The van der Waals surface area contributed by atoms with Crippen molar-refractivity contribution in [3.63, 3.8) is 0 Å². The van der Waals surface area contributed by atoms with Crippen molar-refractivity contribution in [2.45, 2.75) is 12.6 Å². The summed E-state index contributed by atoms with van der Waals surface area (Å²) >= 11 is 12.2. The minimum Gasteiger partial charge on any atom is -0.386 e. The minimum atomic E-state index is -0.886. The molecule has 0 amide bonds. The van der Waals surface area contributed by atoms with Crippen LogP contribution >= 0.6 is 23.2 Å². The van der Waals surface area contributed by atoms with Gasteiger partial charge in [0.05, 0.1) is 18.8 Å². The molecule has 1 N–H and O–H groups in total. The maximum absolute atomic E-state index is 13.1. The molecule has 8 heteroatoms. The lowest BCUT2D eigenvalue weighted by molar-refractivity contribution is 0.150. The molecular formula is C25H18Cl2N4O2. The van der Waals surface area contributed by atoms with E-state index in [2.05, 4.69) is 10.2 Å². The second-order valence-electron chi connectivity index (χ2n) is 7.57. The van der Waals surface area contributed by atoms with E-state index in [1.54, 1.807) is 30.5 Å². The number of rotatable bonds is 5. The maximum Gasteiger partial charge on any atom is 0.367 e. The lowest BCUT2D eigenvalue weighted by Crippen LogP contribution is -2.25. The Hall–Kier alpha value is -3.45. The van der Waals surface area contributed by atoms with E-state index in [0.29, 0.717) is 21.3 Å². The van der Waals surface area contributed by atoms with E-state index in [4.69, 9.17) is 23.2 Å². The fraction of sp³-hybridized carbons (Fsp3) is 0.0800. The minimum absolute atomic E-state index is 0.00252. The van der Waals surface area contributed by atoms with Gasteiger partial charge in [-0.15, -0.1) is 5.10 Å². The summed E-state index contributed by atoms with van der Waals surface area (Å²) in [7, 11) is 0. The van der Waals surface area contributed by atoms with Crippen molar-refractivity contribution in [2.75, 3.05) is 0 Å². The molecule has 6 nitrogen and oxygen atoms in total. The van der Waals surface area contributed by atoms with Gasteiger partial charge in [0, 0.05) is 21.2 Å². The summed E-state index contributed by atoms with van der Waals surface area (Å²) in [5.41, 5.74) is 3.89. The first-order valence-corrected chi connectivity index (χ1v) is 11.0. The quantitative estimate of drug-likeness (QED) is 0.375. The lowest BCUT2D eigenvalue weighted by atomic mass is 9.97. The van der Waals surface area contributed by atoms with Gasteiger partial charge in [-0.3, -0.25) is 0 Å². The van der Waals surface area contributed by atoms with Crippen LogP contribution in [0.3, 0.4) is 0 Å². The molecule has 3 aromatic carbocycles. The summed E-state index contributed by atoms with van der Waals surface area (Å²) in [5, 5.41) is 20.8. The van der Waals surface area contributed by atoms with Gasteiger partial charge in [0.15, 0.2) is 5.65 Å². The molecule has 2 aromatic heterocycles. The highest BCUT2D eigenvalue weighted by Crippen LogP contribution is 2.35. The van der Waals surface area contributed by atoms with Gasteiger partial charge in [-0.1, -0.05) is 77.8 Å². The topological polar surface area (TPSA) is 72.4 Å². The zero-order valence-electron chi connectivity index (χ0n) is 17.3. The highest BCUT2D eigenvalue weighted by atomic mass is 35.5. The first-order valence-electron chi connectivity index (χ1n) is 10.2. The first-order chi connectivity index (χ1) is 16.0. The fourth-order valence-electron chi connectivity index (χ4n) is 3.77. The van der Waals surface area contributed by atoms with Gasteiger partial charge in [0.25, 0.3) is 0 Å². The predicted molar refractivity (Wildman–Crippen MR) is 130 cm³/mol. The van der Waals surface area contributed by atoms with Crippen LogP contribution in [0.1, 0.15) is 11.7 Å². The molecule has 0 spiro atoms. The van der Waals surface area contributed by atoms with Crippen LogP contribution in [0.5, 0.6) is 0 Å². The molecule has 164 valence electrons. The van der Waals surface area contributed by atoms with Crippen LogP contribution in [-0.4, -0.2) is 24.5 Å². The summed E-state index contributed by atoms with van der Waals surface area (Å²) < 4.78 is 2.49. The number of hydrogen-bond donors (Lipinski definition) is 1. The van der Waals surface area contributed by atoms with E-state index < -0.39 is 11.8 Å². The number of nitrogens with zero attached hydrogens (tertiary/aromatic N) is 4. The van der Waals surface area contributed by atoms with Crippen LogP contribution in [0.25, 0.3) is 27.9 Å². The molecule has 0 saturated heterocycles. The Balaban J connectivity index is 1.69. The van der Waals surface area contributed by atoms with Crippen molar-refractivity contribution in [3.05, 3.63) is 111 Å². The number of hydrogen-bond acceptors (Lipinski definition) is 4.